The fraction of sp³-hybridized carbons (Fsp3) is 0.867. The molecule has 0 spiro atoms. The molecule has 0 saturated heterocycles. The zero-order valence-corrected chi connectivity index (χ0v) is 12.0. The number of ether oxygens (including phenoxy) is 1. The van der Waals surface area contributed by atoms with E-state index in [9.17, 15) is 9.59 Å². The smallest absolute Gasteiger partial charge is 0.306 e. The van der Waals surface area contributed by atoms with Crippen molar-refractivity contribution in [1.82, 2.24) is 5.32 Å². The van der Waals surface area contributed by atoms with Gasteiger partial charge in [-0.25, -0.2) is 0 Å². The Morgan fingerprint density at radius 3 is 2.40 bits per heavy atom. The molecule has 2 atom stereocenters. The van der Waals surface area contributed by atoms with E-state index in [1.54, 1.807) is 0 Å². The molecule has 5 nitrogen and oxygen atoms in total. The van der Waals surface area contributed by atoms with E-state index < -0.39 is 5.97 Å². The molecule has 0 aromatic heterocycles. The fourth-order valence-electron chi connectivity index (χ4n) is 3.22. The van der Waals surface area contributed by atoms with Crippen LogP contribution < -0.4 is 5.32 Å². The van der Waals surface area contributed by atoms with Gasteiger partial charge in [0.1, 0.15) is 0 Å². The van der Waals surface area contributed by atoms with Crippen LogP contribution in [0.3, 0.4) is 0 Å². The van der Waals surface area contributed by atoms with Gasteiger partial charge >= 0.3 is 5.97 Å². The highest BCUT2D eigenvalue weighted by atomic mass is 16.5. The molecular weight excluding hydrogens is 258 g/mol. The van der Waals surface area contributed by atoms with Gasteiger partial charge in [-0.3, -0.25) is 9.59 Å². The van der Waals surface area contributed by atoms with Gasteiger partial charge in [0.15, 0.2) is 0 Å². The molecule has 2 aliphatic rings. The first-order valence-corrected chi connectivity index (χ1v) is 7.79. The summed E-state index contributed by atoms with van der Waals surface area (Å²) < 4.78 is 5.75. The average molecular weight is 283 g/mol. The van der Waals surface area contributed by atoms with E-state index in [1.165, 1.54) is 19.3 Å². The van der Waals surface area contributed by atoms with Crippen LogP contribution in [0.4, 0.5) is 0 Å². The topological polar surface area (TPSA) is 75.6 Å². The zero-order valence-electron chi connectivity index (χ0n) is 12.0. The van der Waals surface area contributed by atoms with Crippen LogP contribution in [0.15, 0.2) is 0 Å². The van der Waals surface area contributed by atoms with Crippen molar-refractivity contribution in [3.63, 3.8) is 0 Å². The molecule has 114 valence electrons. The molecule has 1 amide bonds. The molecule has 2 rings (SSSR count). The lowest BCUT2D eigenvalue weighted by molar-refractivity contribution is -0.141. The molecule has 2 aliphatic carbocycles. The Bertz CT molecular complexity index is 339. The third kappa shape index (κ3) is 4.47. The van der Waals surface area contributed by atoms with Crippen molar-refractivity contribution in [2.45, 2.75) is 57.5 Å². The monoisotopic (exact) mass is 283 g/mol. The number of aliphatic carboxylic acids is 1. The quantitative estimate of drug-likeness (QED) is 0.731. The number of carboxylic acids is 1. The SMILES string of the molecule is O=C(O)[C@H]1CC[C@@H](C(=O)NCCOC2CCCCC2)C1. The third-order valence-corrected chi connectivity index (χ3v) is 4.46. The predicted molar refractivity (Wildman–Crippen MR) is 74.3 cm³/mol. The molecule has 0 bridgehead atoms. The number of carbonyl (C=O) groups excluding carboxylic acids is 1. The molecule has 20 heavy (non-hydrogen) atoms. The largest absolute Gasteiger partial charge is 0.481 e. The Labute approximate surface area is 120 Å². The number of nitrogens with one attached hydrogen (secondary N) is 1. The molecule has 2 saturated carbocycles. The van der Waals surface area contributed by atoms with Crippen LogP contribution >= 0.6 is 0 Å². The molecule has 0 aliphatic heterocycles. The number of amides is 1. The Morgan fingerprint density at radius 1 is 1.05 bits per heavy atom. The van der Waals surface area contributed by atoms with Crippen molar-refractivity contribution in [2.75, 3.05) is 13.2 Å². The minimum absolute atomic E-state index is 0.0130. The summed E-state index contributed by atoms with van der Waals surface area (Å²) in [6.45, 7) is 1.09. The Hall–Kier alpha value is -1.10. The summed E-state index contributed by atoms with van der Waals surface area (Å²) in [6, 6.07) is 0. The van der Waals surface area contributed by atoms with Gasteiger partial charge in [0, 0.05) is 12.5 Å². The third-order valence-electron chi connectivity index (χ3n) is 4.46. The van der Waals surface area contributed by atoms with Crippen LogP contribution in [0, 0.1) is 11.8 Å². The second-order valence-corrected chi connectivity index (χ2v) is 5.97. The van der Waals surface area contributed by atoms with Crippen molar-refractivity contribution in [3.8, 4) is 0 Å². The van der Waals surface area contributed by atoms with Crippen molar-refractivity contribution in [3.05, 3.63) is 0 Å². The molecule has 0 radical (unpaired) electrons. The standard InChI is InChI=1S/C15H25NO4/c17-14(11-6-7-12(10-11)15(18)19)16-8-9-20-13-4-2-1-3-5-13/h11-13H,1-10H2,(H,16,17)(H,18,19)/t11-,12+/m1/s1. The van der Waals surface area contributed by atoms with Crippen LogP contribution in [-0.2, 0) is 14.3 Å². The number of hydrogen-bond donors (Lipinski definition) is 2. The van der Waals surface area contributed by atoms with Crippen molar-refractivity contribution in [2.24, 2.45) is 11.8 Å². The Balaban J connectivity index is 1.57. The van der Waals surface area contributed by atoms with Gasteiger partial charge in [-0.1, -0.05) is 19.3 Å². The molecule has 2 N–H and O–H groups in total. The highest BCUT2D eigenvalue weighted by Crippen LogP contribution is 2.31. The van der Waals surface area contributed by atoms with E-state index in [4.69, 9.17) is 9.84 Å². The second kappa shape index (κ2) is 7.62. The second-order valence-electron chi connectivity index (χ2n) is 5.97. The first-order valence-electron chi connectivity index (χ1n) is 7.79. The van der Waals surface area contributed by atoms with Crippen LogP contribution in [0.5, 0.6) is 0 Å². The van der Waals surface area contributed by atoms with Crippen LogP contribution in [0.1, 0.15) is 51.4 Å². The van der Waals surface area contributed by atoms with E-state index in [0.29, 0.717) is 38.5 Å². The lowest BCUT2D eigenvalue weighted by Gasteiger charge is -2.22. The van der Waals surface area contributed by atoms with E-state index in [1.807, 2.05) is 0 Å². The highest BCUT2D eigenvalue weighted by Gasteiger charge is 2.33. The minimum atomic E-state index is -0.777. The lowest BCUT2D eigenvalue weighted by Crippen LogP contribution is -2.33. The van der Waals surface area contributed by atoms with Crippen LogP contribution in [0.2, 0.25) is 0 Å². The molecule has 2 fully saturated rings. The fourth-order valence-corrected chi connectivity index (χ4v) is 3.22. The average Bonchev–Trinajstić information content (AvgIpc) is 2.94. The van der Waals surface area contributed by atoms with E-state index in [-0.39, 0.29) is 17.7 Å². The summed E-state index contributed by atoms with van der Waals surface area (Å²) in [5.74, 6) is -1.27. The molecular formula is C15H25NO4. The Morgan fingerprint density at radius 2 is 1.75 bits per heavy atom. The predicted octanol–water partition coefficient (Wildman–Crippen LogP) is 1.95. The van der Waals surface area contributed by atoms with Gasteiger partial charge in [-0.05, 0) is 32.1 Å². The summed E-state index contributed by atoms with van der Waals surface area (Å²) in [5.41, 5.74) is 0. The molecule has 5 heteroatoms. The summed E-state index contributed by atoms with van der Waals surface area (Å²) in [5, 5.41) is 11.8. The van der Waals surface area contributed by atoms with Gasteiger partial charge in [-0.2, -0.15) is 0 Å². The van der Waals surface area contributed by atoms with Gasteiger partial charge in [0.25, 0.3) is 0 Å². The van der Waals surface area contributed by atoms with Crippen molar-refractivity contribution in [1.29, 1.82) is 0 Å². The molecule has 0 unspecified atom stereocenters. The van der Waals surface area contributed by atoms with Gasteiger partial charge < -0.3 is 15.2 Å². The first kappa shape index (κ1) is 15.3. The zero-order chi connectivity index (χ0) is 14.4. The maximum atomic E-state index is 11.9. The normalized spacial score (nSPS) is 27.4. The first-order chi connectivity index (χ1) is 9.66. The summed E-state index contributed by atoms with van der Waals surface area (Å²) in [6.07, 6.45) is 8.22. The summed E-state index contributed by atoms with van der Waals surface area (Å²) >= 11 is 0. The minimum Gasteiger partial charge on any atom is -0.481 e. The summed E-state index contributed by atoms with van der Waals surface area (Å²) in [4.78, 5) is 22.8. The van der Waals surface area contributed by atoms with Crippen molar-refractivity contribution < 1.29 is 19.4 Å². The number of rotatable bonds is 6. The van der Waals surface area contributed by atoms with E-state index >= 15 is 0 Å². The summed E-state index contributed by atoms with van der Waals surface area (Å²) in [7, 11) is 0. The van der Waals surface area contributed by atoms with Crippen molar-refractivity contribution >= 4 is 11.9 Å². The van der Waals surface area contributed by atoms with Gasteiger partial charge in [0.05, 0.1) is 18.6 Å². The van der Waals surface area contributed by atoms with Gasteiger partial charge in [-0.15, -0.1) is 0 Å². The van der Waals surface area contributed by atoms with E-state index in [2.05, 4.69) is 5.32 Å². The maximum absolute atomic E-state index is 11.9. The maximum Gasteiger partial charge on any atom is 0.306 e. The molecule has 0 aromatic carbocycles. The highest BCUT2D eigenvalue weighted by molar-refractivity contribution is 5.80. The lowest BCUT2D eigenvalue weighted by atomic mass is 9.98. The molecule has 0 heterocycles. The number of hydrogen-bond acceptors (Lipinski definition) is 3. The Kier molecular flexibility index (Phi) is 5.83. The van der Waals surface area contributed by atoms with Crippen LogP contribution in [-0.4, -0.2) is 36.2 Å². The number of carbonyl (C=O) groups is 2. The van der Waals surface area contributed by atoms with Gasteiger partial charge in [0.2, 0.25) is 5.91 Å². The number of carboxylic acid groups (broad SMARTS) is 1. The van der Waals surface area contributed by atoms with Crippen LogP contribution in [0.25, 0.3) is 0 Å². The van der Waals surface area contributed by atoms with E-state index in [0.717, 1.165) is 12.8 Å². The molecule has 0 aromatic rings.